The van der Waals surface area contributed by atoms with Gasteiger partial charge in [-0.2, -0.15) is 0 Å². The summed E-state index contributed by atoms with van der Waals surface area (Å²) in [6, 6.07) is 6.04. The van der Waals surface area contributed by atoms with Gasteiger partial charge in [-0.25, -0.2) is 19.3 Å². The number of carboxylic acids is 1. The molecular formula is C13H12N2O6. The first-order valence-corrected chi connectivity index (χ1v) is 6.05. The highest BCUT2D eigenvalue weighted by molar-refractivity contribution is 6.07. The molecule has 0 spiro atoms. The molecule has 110 valence electrons. The lowest BCUT2D eigenvalue weighted by Crippen LogP contribution is -2.59. The topological polar surface area (TPSA) is 113 Å². The molecule has 0 aliphatic carbocycles. The molecule has 1 saturated heterocycles. The molecule has 8 heteroatoms. The Kier molecular flexibility index (Phi) is 4.17. The van der Waals surface area contributed by atoms with Crippen LogP contribution in [0.25, 0.3) is 0 Å². The number of carboxylic acid groups (broad SMARTS) is 1. The largest absolute Gasteiger partial charge is 0.480 e. The molecule has 2 N–H and O–H groups in total. The van der Waals surface area contributed by atoms with Crippen molar-refractivity contribution in [2.75, 3.05) is 0 Å². The van der Waals surface area contributed by atoms with E-state index in [1.165, 1.54) is 0 Å². The van der Waals surface area contributed by atoms with E-state index < -0.39 is 36.5 Å². The highest BCUT2D eigenvalue weighted by atomic mass is 16.6. The van der Waals surface area contributed by atoms with Crippen LogP contribution in [0.1, 0.15) is 12.0 Å². The van der Waals surface area contributed by atoms with E-state index in [-0.39, 0.29) is 6.61 Å². The van der Waals surface area contributed by atoms with Crippen molar-refractivity contribution in [3.63, 3.8) is 0 Å². The van der Waals surface area contributed by atoms with Crippen molar-refractivity contribution in [2.24, 2.45) is 0 Å². The maximum Gasteiger partial charge on any atom is 0.419 e. The number of carbonyl (C=O) groups is 4. The molecule has 2 rings (SSSR count). The van der Waals surface area contributed by atoms with Gasteiger partial charge in [-0.1, -0.05) is 30.3 Å². The van der Waals surface area contributed by atoms with Crippen molar-refractivity contribution in [1.29, 1.82) is 0 Å². The Balaban J connectivity index is 2.06. The van der Waals surface area contributed by atoms with Gasteiger partial charge in [0.25, 0.3) is 0 Å². The fourth-order valence-electron chi connectivity index (χ4n) is 1.84. The van der Waals surface area contributed by atoms with Crippen molar-refractivity contribution in [1.82, 2.24) is 10.2 Å². The molecule has 1 heterocycles. The van der Waals surface area contributed by atoms with E-state index in [1.807, 2.05) is 5.32 Å². The van der Waals surface area contributed by atoms with Gasteiger partial charge >= 0.3 is 18.1 Å². The van der Waals surface area contributed by atoms with Gasteiger partial charge in [0.2, 0.25) is 5.91 Å². The second kappa shape index (κ2) is 6.04. The molecule has 1 aliphatic heterocycles. The van der Waals surface area contributed by atoms with Crippen LogP contribution in [0.5, 0.6) is 0 Å². The lowest BCUT2D eigenvalue weighted by atomic mass is 10.1. The average Bonchev–Trinajstić information content (AvgIpc) is 2.45. The molecule has 1 fully saturated rings. The normalized spacial score (nSPS) is 18.1. The number of rotatable bonds is 3. The van der Waals surface area contributed by atoms with Crippen molar-refractivity contribution in [2.45, 2.75) is 19.1 Å². The van der Waals surface area contributed by atoms with Crippen LogP contribution in [0.15, 0.2) is 30.3 Å². The molecule has 8 nitrogen and oxygen atoms in total. The number of benzene rings is 1. The van der Waals surface area contributed by atoms with Crippen molar-refractivity contribution >= 4 is 24.0 Å². The zero-order valence-electron chi connectivity index (χ0n) is 10.8. The minimum atomic E-state index is -1.56. The number of nitrogens with zero attached hydrogens (tertiary/aromatic N) is 1. The van der Waals surface area contributed by atoms with E-state index in [0.29, 0.717) is 10.5 Å². The molecule has 0 saturated carbocycles. The highest BCUT2D eigenvalue weighted by Crippen LogP contribution is 2.14. The van der Waals surface area contributed by atoms with E-state index in [0.717, 1.165) is 0 Å². The zero-order chi connectivity index (χ0) is 15.4. The first kappa shape index (κ1) is 14.5. The van der Waals surface area contributed by atoms with E-state index >= 15 is 0 Å². The van der Waals surface area contributed by atoms with Crippen LogP contribution in [0.2, 0.25) is 0 Å². The summed E-state index contributed by atoms with van der Waals surface area (Å²) < 4.78 is 4.91. The van der Waals surface area contributed by atoms with E-state index in [1.54, 1.807) is 30.3 Å². The van der Waals surface area contributed by atoms with Gasteiger partial charge < -0.3 is 9.84 Å². The second-order valence-corrected chi connectivity index (χ2v) is 4.32. The van der Waals surface area contributed by atoms with Crippen LogP contribution in [0.3, 0.4) is 0 Å². The number of hydrogen-bond donors (Lipinski definition) is 2. The predicted octanol–water partition coefficient (Wildman–Crippen LogP) is 0.718. The Hall–Kier alpha value is -2.90. The van der Waals surface area contributed by atoms with Crippen LogP contribution < -0.4 is 5.32 Å². The number of urea groups is 1. The number of amides is 4. The third kappa shape index (κ3) is 3.35. The molecule has 1 atom stereocenters. The number of ether oxygens (including phenoxy) is 1. The van der Waals surface area contributed by atoms with Gasteiger partial charge in [0.1, 0.15) is 6.61 Å². The Morgan fingerprint density at radius 2 is 1.95 bits per heavy atom. The monoisotopic (exact) mass is 292 g/mol. The summed E-state index contributed by atoms with van der Waals surface area (Å²) in [6.45, 7) is -0.107. The third-order valence-electron chi connectivity index (χ3n) is 2.84. The minimum absolute atomic E-state index is 0.107. The van der Waals surface area contributed by atoms with Gasteiger partial charge in [-0.05, 0) is 5.56 Å². The molecule has 1 unspecified atom stereocenters. The van der Waals surface area contributed by atoms with Gasteiger partial charge in [-0.3, -0.25) is 10.1 Å². The molecule has 1 aromatic rings. The fourth-order valence-corrected chi connectivity index (χ4v) is 1.84. The molecule has 21 heavy (non-hydrogen) atoms. The Morgan fingerprint density at radius 1 is 1.29 bits per heavy atom. The number of carbonyl (C=O) groups excluding carboxylic acids is 3. The van der Waals surface area contributed by atoms with Crippen LogP contribution in [0.4, 0.5) is 9.59 Å². The average molecular weight is 292 g/mol. The number of hydrogen-bond acceptors (Lipinski definition) is 5. The van der Waals surface area contributed by atoms with Crippen LogP contribution >= 0.6 is 0 Å². The van der Waals surface area contributed by atoms with E-state index in [2.05, 4.69) is 0 Å². The van der Waals surface area contributed by atoms with Crippen LogP contribution in [-0.2, 0) is 20.9 Å². The number of nitrogens with one attached hydrogen (secondary N) is 1. The summed E-state index contributed by atoms with van der Waals surface area (Å²) in [5.41, 5.74) is 0.686. The van der Waals surface area contributed by atoms with Crippen LogP contribution in [-0.4, -0.2) is 40.0 Å². The van der Waals surface area contributed by atoms with Gasteiger partial charge in [-0.15, -0.1) is 0 Å². The standard InChI is InChI=1S/C13H12N2O6/c16-10-6-9(11(17)18)15(12(19)14-10)13(20)21-7-8-4-2-1-3-5-8/h1-5,9H,6-7H2,(H,17,18)(H,14,16,19). The van der Waals surface area contributed by atoms with Gasteiger partial charge in [0.15, 0.2) is 6.04 Å². The summed E-state index contributed by atoms with van der Waals surface area (Å²) in [4.78, 5) is 46.1. The summed E-state index contributed by atoms with van der Waals surface area (Å²) in [5.74, 6) is -2.20. The second-order valence-electron chi connectivity index (χ2n) is 4.32. The lowest BCUT2D eigenvalue weighted by Gasteiger charge is -2.29. The molecule has 1 aromatic carbocycles. The summed E-state index contributed by atoms with van der Waals surface area (Å²) >= 11 is 0. The first-order chi connectivity index (χ1) is 9.99. The van der Waals surface area contributed by atoms with E-state index in [4.69, 9.17) is 9.84 Å². The molecule has 1 aliphatic rings. The Labute approximate surface area is 119 Å². The van der Waals surface area contributed by atoms with Crippen molar-refractivity contribution in [3.8, 4) is 0 Å². The quantitative estimate of drug-likeness (QED) is 0.848. The lowest BCUT2D eigenvalue weighted by molar-refractivity contribution is -0.145. The summed E-state index contributed by atoms with van der Waals surface area (Å²) in [6.07, 6.45) is -1.61. The maximum atomic E-state index is 11.9. The fraction of sp³-hybridized carbons (Fsp3) is 0.231. The van der Waals surface area contributed by atoms with Crippen molar-refractivity contribution < 1.29 is 29.0 Å². The first-order valence-electron chi connectivity index (χ1n) is 6.05. The van der Waals surface area contributed by atoms with Crippen molar-refractivity contribution in [3.05, 3.63) is 35.9 Å². The smallest absolute Gasteiger partial charge is 0.419 e. The number of imide groups is 2. The van der Waals surface area contributed by atoms with Gasteiger partial charge in [0.05, 0.1) is 6.42 Å². The summed E-state index contributed by atoms with van der Waals surface area (Å²) in [7, 11) is 0. The van der Waals surface area contributed by atoms with Gasteiger partial charge in [0, 0.05) is 0 Å². The number of aliphatic carboxylic acids is 1. The molecule has 0 radical (unpaired) electrons. The van der Waals surface area contributed by atoms with E-state index in [9.17, 15) is 19.2 Å². The highest BCUT2D eigenvalue weighted by Gasteiger charge is 2.42. The molecule has 0 aromatic heterocycles. The van der Waals surface area contributed by atoms with Crippen LogP contribution in [0, 0.1) is 0 Å². The zero-order valence-corrected chi connectivity index (χ0v) is 10.8. The molecule has 4 amide bonds. The molecular weight excluding hydrogens is 280 g/mol. The molecule has 0 bridgehead atoms. The Morgan fingerprint density at radius 3 is 2.57 bits per heavy atom. The third-order valence-corrected chi connectivity index (χ3v) is 2.84. The summed E-state index contributed by atoms with van der Waals surface area (Å²) in [5, 5.41) is 10.9. The SMILES string of the molecule is O=C1CC(C(=O)O)N(C(=O)OCc2ccccc2)C(=O)N1. The maximum absolute atomic E-state index is 11.9. The Bertz CT molecular complexity index is 586. The predicted molar refractivity (Wildman–Crippen MR) is 68.0 cm³/mol. The minimum Gasteiger partial charge on any atom is -0.480 e.